The summed E-state index contributed by atoms with van der Waals surface area (Å²) < 4.78 is 6.14. The van der Waals surface area contributed by atoms with Gasteiger partial charge in [-0.3, -0.25) is 0 Å². The van der Waals surface area contributed by atoms with Gasteiger partial charge in [-0.05, 0) is 87.7 Å². The zero-order valence-corrected chi connectivity index (χ0v) is 17.1. The number of pyridine rings is 1. The van der Waals surface area contributed by atoms with E-state index in [4.69, 9.17) is 9.72 Å². The minimum atomic E-state index is 0.119. The van der Waals surface area contributed by atoms with E-state index in [-0.39, 0.29) is 6.61 Å². The van der Waals surface area contributed by atoms with Crippen LogP contribution in [-0.2, 0) is 12.8 Å². The Morgan fingerprint density at radius 2 is 1.89 bits per heavy atom. The molecule has 0 spiro atoms. The van der Waals surface area contributed by atoms with Crippen LogP contribution in [0.5, 0.6) is 5.75 Å². The molecule has 0 radical (unpaired) electrons. The van der Waals surface area contributed by atoms with Gasteiger partial charge in [0.2, 0.25) is 0 Å². The normalized spacial score (nSPS) is 17.1. The first-order valence-electron chi connectivity index (χ1n) is 10.9. The molecule has 1 aromatic heterocycles. The lowest BCUT2D eigenvalue weighted by atomic mass is 9.88. The number of ether oxygens (including phenoxy) is 1. The van der Waals surface area contributed by atoms with Crippen LogP contribution in [0.4, 0.5) is 5.82 Å². The van der Waals surface area contributed by atoms with Gasteiger partial charge in [-0.1, -0.05) is 0 Å². The Hall–Kier alpha value is -1.85. The third-order valence-corrected chi connectivity index (χ3v) is 6.08. The van der Waals surface area contributed by atoms with Crippen LogP contribution in [0.3, 0.4) is 0 Å². The van der Waals surface area contributed by atoms with Gasteiger partial charge in [0.25, 0.3) is 0 Å². The molecule has 0 atom stereocenters. The Morgan fingerprint density at radius 1 is 1.11 bits per heavy atom. The standard InChI is InChI=1S/C23H33N3O2/c1-17-15-20-18-7-2-3-8-19(18)23(24-9-13-27)25-21(20)16-22(17)28-14-6-12-26-10-4-5-11-26/h15-16,27H,2-14H2,1H3,(H,24,25). The van der Waals surface area contributed by atoms with E-state index < -0.39 is 0 Å². The van der Waals surface area contributed by atoms with Crippen molar-refractivity contribution < 1.29 is 9.84 Å². The van der Waals surface area contributed by atoms with Gasteiger partial charge in [-0.2, -0.15) is 0 Å². The van der Waals surface area contributed by atoms with Crippen LogP contribution in [0.2, 0.25) is 0 Å². The minimum Gasteiger partial charge on any atom is -0.493 e. The van der Waals surface area contributed by atoms with Crippen molar-refractivity contribution in [3.63, 3.8) is 0 Å². The summed E-state index contributed by atoms with van der Waals surface area (Å²) in [6.07, 6.45) is 8.38. The zero-order chi connectivity index (χ0) is 19.3. The number of aliphatic hydroxyl groups excluding tert-OH is 1. The SMILES string of the molecule is Cc1cc2c3c(c(NCCO)nc2cc1OCCCN1CCCC1)CCCC3. The van der Waals surface area contributed by atoms with Crippen LogP contribution in [-0.4, -0.2) is 54.4 Å². The quantitative estimate of drug-likeness (QED) is 0.681. The maximum atomic E-state index is 9.21. The summed E-state index contributed by atoms with van der Waals surface area (Å²) in [4.78, 5) is 7.44. The first kappa shape index (κ1) is 19.5. The molecular formula is C23H33N3O2. The maximum Gasteiger partial charge on any atom is 0.130 e. The van der Waals surface area contributed by atoms with Crippen molar-refractivity contribution in [3.05, 3.63) is 28.8 Å². The minimum absolute atomic E-state index is 0.119. The van der Waals surface area contributed by atoms with E-state index in [9.17, 15) is 5.11 Å². The Morgan fingerprint density at radius 3 is 2.68 bits per heavy atom. The molecule has 0 bridgehead atoms. The Labute approximate surface area is 168 Å². The third-order valence-electron chi connectivity index (χ3n) is 6.08. The van der Waals surface area contributed by atoms with Gasteiger partial charge in [0, 0.05) is 24.5 Å². The largest absolute Gasteiger partial charge is 0.493 e. The molecule has 28 heavy (non-hydrogen) atoms. The Balaban J connectivity index is 1.54. The average Bonchev–Trinajstić information content (AvgIpc) is 3.23. The first-order chi connectivity index (χ1) is 13.8. The van der Waals surface area contributed by atoms with Crippen molar-refractivity contribution in [2.45, 2.75) is 51.9 Å². The number of likely N-dealkylation sites (tertiary alicyclic amines) is 1. The number of anilines is 1. The van der Waals surface area contributed by atoms with Crippen molar-refractivity contribution in [2.75, 3.05) is 44.7 Å². The van der Waals surface area contributed by atoms with Gasteiger partial charge in [0.15, 0.2) is 0 Å². The number of aromatic nitrogens is 1. The van der Waals surface area contributed by atoms with E-state index in [0.29, 0.717) is 6.54 Å². The van der Waals surface area contributed by atoms with Gasteiger partial charge in [-0.25, -0.2) is 4.98 Å². The fourth-order valence-corrected chi connectivity index (χ4v) is 4.62. The Kier molecular flexibility index (Phi) is 6.33. The monoisotopic (exact) mass is 383 g/mol. The number of hydrogen-bond donors (Lipinski definition) is 2. The predicted octanol–water partition coefficient (Wildman–Crippen LogP) is 3.69. The lowest BCUT2D eigenvalue weighted by Crippen LogP contribution is -2.22. The van der Waals surface area contributed by atoms with E-state index in [1.807, 2.05) is 0 Å². The van der Waals surface area contributed by atoms with E-state index in [0.717, 1.165) is 49.5 Å². The van der Waals surface area contributed by atoms with Crippen LogP contribution < -0.4 is 10.1 Å². The number of nitrogens with one attached hydrogen (secondary N) is 1. The topological polar surface area (TPSA) is 57.6 Å². The van der Waals surface area contributed by atoms with E-state index in [2.05, 4.69) is 29.3 Å². The lowest BCUT2D eigenvalue weighted by Gasteiger charge is -2.22. The van der Waals surface area contributed by atoms with Gasteiger partial charge in [0.1, 0.15) is 11.6 Å². The van der Waals surface area contributed by atoms with E-state index >= 15 is 0 Å². The molecule has 1 fully saturated rings. The summed E-state index contributed by atoms with van der Waals surface area (Å²) in [5.41, 5.74) is 4.96. The summed E-state index contributed by atoms with van der Waals surface area (Å²) in [7, 11) is 0. The zero-order valence-electron chi connectivity index (χ0n) is 17.1. The molecule has 2 aromatic rings. The molecule has 0 unspecified atom stereocenters. The van der Waals surface area contributed by atoms with Crippen molar-refractivity contribution in [1.82, 2.24) is 9.88 Å². The number of aliphatic hydroxyl groups is 1. The second kappa shape index (κ2) is 9.10. The summed E-state index contributed by atoms with van der Waals surface area (Å²) in [6, 6.07) is 4.37. The highest BCUT2D eigenvalue weighted by Crippen LogP contribution is 2.35. The molecule has 2 N–H and O–H groups in total. The first-order valence-corrected chi connectivity index (χ1v) is 10.9. The van der Waals surface area contributed by atoms with Crippen molar-refractivity contribution >= 4 is 16.7 Å². The van der Waals surface area contributed by atoms with Crippen LogP contribution >= 0.6 is 0 Å². The van der Waals surface area contributed by atoms with Crippen LogP contribution in [0, 0.1) is 6.92 Å². The number of rotatable bonds is 8. The van der Waals surface area contributed by atoms with E-state index in [1.54, 1.807) is 0 Å². The number of benzene rings is 1. The highest BCUT2D eigenvalue weighted by atomic mass is 16.5. The fraction of sp³-hybridized carbons (Fsp3) is 0.609. The molecule has 5 heteroatoms. The van der Waals surface area contributed by atoms with Gasteiger partial charge in [0.05, 0.1) is 18.7 Å². The molecule has 1 aromatic carbocycles. The summed E-state index contributed by atoms with van der Waals surface area (Å²) in [6.45, 7) is 7.17. The molecule has 2 heterocycles. The van der Waals surface area contributed by atoms with Gasteiger partial charge >= 0.3 is 0 Å². The van der Waals surface area contributed by atoms with Gasteiger partial charge in [-0.15, -0.1) is 0 Å². The molecule has 4 rings (SSSR count). The molecule has 2 aliphatic rings. The highest BCUT2D eigenvalue weighted by Gasteiger charge is 2.19. The second-order valence-electron chi connectivity index (χ2n) is 8.16. The molecule has 0 saturated carbocycles. The molecule has 152 valence electrons. The molecule has 5 nitrogen and oxygen atoms in total. The van der Waals surface area contributed by atoms with Gasteiger partial charge < -0.3 is 20.1 Å². The van der Waals surface area contributed by atoms with Crippen molar-refractivity contribution in [2.24, 2.45) is 0 Å². The smallest absolute Gasteiger partial charge is 0.130 e. The fourth-order valence-electron chi connectivity index (χ4n) is 4.62. The predicted molar refractivity (Wildman–Crippen MR) is 114 cm³/mol. The second-order valence-corrected chi connectivity index (χ2v) is 8.16. The van der Waals surface area contributed by atoms with Crippen LogP contribution in [0.1, 0.15) is 48.8 Å². The summed E-state index contributed by atoms with van der Waals surface area (Å²) in [5.74, 6) is 1.89. The van der Waals surface area contributed by atoms with Crippen LogP contribution in [0.25, 0.3) is 10.9 Å². The van der Waals surface area contributed by atoms with Crippen LogP contribution in [0.15, 0.2) is 12.1 Å². The summed E-state index contributed by atoms with van der Waals surface area (Å²) in [5, 5.41) is 13.8. The molecule has 1 aliphatic heterocycles. The summed E-state index contributed by atoms with van der Waals surface area (Å²) >= 11 is 0. The highest BCUT2D eigenvalue weighted by molar-refractivity contribution is 5.88. The average molecular weight is 384 g/mol. The molecule has 1 aliphatic carbocycles. The number of nitrogens with zero attached hydrogens (tertiary/aromatic N) is 2. The maximum absolute atomic E-state index is 9.21. The number of hydrogen-bond acceptors (Lipinski definition) is 5. The third kappa shape index (κ3) is 4.26. The number of aryl methyl sites for hydroxylation is 2. The Bertz CT molecular complexity index is 815. The van der Waals surface area contributed by atoms with Crippen molar-refractivity contribution in [1.29, 1.82) is 0 Å². The molecular weight excluding hydrogens is 350 g/mol. The number of fused-ring (bicyclic) bond motifs is 3. The molecule has 0 amide bonds. The lowest BCUT2D eigenvalue weighted by molar-refractivity contribution is 0.262. The molecule has 1 saturated heterocycles. The van der Waals surface area contributed by atoms with Crippen molar-refractivity contribution in [3.8, 4) is 5.75 Å². The van der Waals surface area contributed by atoms with E-state index in [1.165, 1.54) is 60.8 Å².